The predicted molar refractivity (Wildman–Crippen MR) is 69.1 cm³/mol. The van der Waals surface area contributed by atoms with E-state index in [9.17, 15) is 9.90 Å². The molecule has 0 saturated carbocycles. The van der Waals surface area contributed by atoms with Gasteiger partial charge in [0.05, 0.1) is 0 Å². The van der Waals surface area contributed by atoms with Gasteiger partial charge >= 0.3 is 5.97 Å². The van der Waals surface area contributed by atoms with E-state index >= 15 is 0 Å². The van der Waals surface area contributed by atoms with Gasteiger partial charge in [0.25, 0.3) is 0 Å². The summed E-state index contributed by atoms with van der Waals surface area (Å²) in [5, 5.41) is 12.4. The standard InChI is InChI=1S/C14H21NO2/c1-9(2)8-15-13(14(16)17)12-10(3)6-5-7-11(12)4/h5-7,9,13,15H,8H2,1-4H3,(H,16,17). The van der Waals surface area contributed by atoms with Crippen LogP contribution in [-0.4, -0.2) is 17.6 Å². The highest BCUT2D eigenvalue weighted by Gasteiger charge is 2.22. The van der Waals surface area contributed by atoms with Crippen LogP contribution in [0.25, 0.3) is 0 Å². The molecule has 0 aromatic heterocycles. The van der Waals surface area contributed by atoms with Crippen LogP contribution in [0, 0.1) is 19.8 Å². The van der Waals surface area contributed by atoms with Crippen LogP contribution in [0.2, 0.25) is 0 Å². The number of hydrogen-bond acceptors (Lipinski definition) is 2. The third kappa shape index (κ3) is 3.56. The second-order valence-electron chi connectivity index (χ2n) is 4.88. The lowest BCUT2D eigenvalue weighted by atomic mass is 9.96. The Labute approximate surface area is 103 Å². The Kier molecular flexibility index (Phi) is 4.70. The topological polar surface area (TPSA) is 49.3 Å². The molecule has 1 unspecified atom stereocenters. The molecule has 0 heterocycles. The quantitative estimate of drug-likeness (QED) is 0.825. The van der Waals surface area contributed by atoms with Crippen LogP contribution in [0.15, 0.2) is 18.2 Å². The minimum absolute atomic E-state index is 0.432. The lowest BCUT2D eigenvalue weighted by Gasteiger charge is -2.20. The summed E-state index contributed by atoms with van der Waals surface area (Å²) in [6, 6.07) is 5.25. The Hall–Kier alpha value is -1.35. The molecule has 1 aromatic carbocycles. The summed E-state index contributed by atoms with van der Waals surface area (Å²) >= 11 is 0. The van der Waals surface area contributed by atoms with Gasteiger partial charge in [-0.2, -0.15) is 0 Å². The summed E-state index contributed by atoms with van der Waals surface area (Å²) in [5.41, 5.74) is 2.93. The van der Waals surface area contributed by atoms with Gasteiger partial charge in [0.1, 0.15) is 6.04 Å². The van der Waals surface area contributed by atoms with Gasteiger partial charge in [-0.1, -0.05) is 32.0 Å². The zero-order valence-corrected chi connectivity index (χ0v) is 10.9. The van der Waals surface area contributed by atoms with Crippen LogP contribution in [0.3, 0.4) is 0 Å². The van der Waals surface area contributed by atoms with Crippen LogP contribution in [0.1, 0.15) is 36.6 Å². The van der Waals surface area contributed by atoms with Crippen molar-refractivity contribution in [1.82, 2.24) is 5.32 Å². The van der Waals surface area contributed by atoms with E-state index in [4.69, 9.17) is 0 Å². The van der Waals surface area contributed by atoms with Gasteiger partial charge in [0, 0.05) is 0 Å². The van der Waals surface area contributed by atoms with Crippen molar-refractivity contribution in [2.24, 2.45) is 5.92 Å². The van der Waals surface area contributed by atoms with Crippen molar-refractivity contribution < 1.29 is 9.90 Å². The number of aliphatic carboxylic acids is 1. The number of aryl methyl sites for hydroxylation is 2. The molecule has 0 aliphatic heterocycles. The number of carboxylic acid groups (broad SMARTS) is 1. The third-order valence-corrected chi connectivity index (χ3v) is 2.81. The van der Waals surface area contributed by atoms with Crippen LogP contribution < -0.4 is 5.32 Å². The lowest BCUT2D eigenvalue weighted by molar-refractivity contribution is -0.139. The van der Waals surface area contributed by atoms with Crippen molar-refractivity contribution in [2.75, 3.05) is 6.54 Å². The zero-order chi connectivity index (χ0) is 13.0. The van der Waals surface area contributed by atoms with Gasteiger partial charge < -0.3 is 10.4 Å². The van der Waals surface area contributed by atoms with Crippen molar-refractivity contribution in [1.29, 1.82) is 0 Å². The molecule has 0 radical (unpaired) electrons. The summed E-state index contributed by atoms with van der Waals surface area (Å²) < 4.78 is 0. The molecule has 17 heavy (non-hydrogen) atoms. The molecule has 2 N–H and O–H groups in total. The molecule has 0 spiro atoms. The smallest absolute Gasteiger partial charge is 0.325 e. The van der Waals surface area contributed by atoms with Crippen LogP contribution >= 0.6 is 0 Å². The molecule has 3 nitrogen and oxygen atoms in total. The van der Waals surface area contributed by atoms with Gasteiger partial charge in [-0.15, -0.1) is 0 Å². The SMILES string of the molecule is Cc1cccc(C)c1C(NCC(C)C)C(=O)O. The summed E-state index contributed by atoms with van der Waals surface area (Å²) in [6.45, 7) is 8.74. The molecular weight excluding hydrogens is 214 g/mol. The second-order valence-corrected chi connectivity index (χ2v) is 4.88. The molecule has 0 bridgehead atoms. The molecule has 0 aliphatic carbocycles. The van der Waals surface area contributed by atoms with E-state index in [1.807, 2.05) is 32.0 Å². The predicted octanol–water partition coefficient (Wildman–Crippen LogP) is 2.67. The summed E-state index contributed by atoms with van der Waals surface area (Å²) in [6.07, 6.45) is 0. The number of carboxylic acids is 1. The van der Waals surface area contributed by atoms with Crippen LogP contribution in [0.4, 0.5) is 0 Å². The third-order valence-electron chi connectivity index (χ3n) is 2.81. The molecule has 1 rings (SSSR count). The maximum Gasteiger partial charge on any atom is 0.325 e. The van der Waals surface area contributed by atoms with Crippen molar-refractivity contribution in [3.8, 4) is 0 Å². The van der Waals surface area contributed by atoms with Gasteiger partial charge in [-0.05, 0) is 43.0 Å². The maximum atomic E-state index is 11.4. The molecule has 1 aromatic rings. The highest BCUT2D eigenvalue weighted by molar-refractivity contribution is 5.76. The largest absolute Gasteiger partial charge is 0.480 e. The van der Waals surface area contributed by atoms with E-state index in [1.165, 1.54) is 0 Å². The van der Waals surface area contributed by atoms with Crippen molar-refractivity contribution in [3.63, 3.8) is 0 Å². The number of carbonyl (C=O) groups is 1. The zero-order valence-electron chi connectivity index (χ0n) is 10.9. The number of nitrogens with one attached hydrogen (secondary N) is 1. The normalized spacial score (nSPS) is 12.8. The Bertz CT molecular complexity index is 379. The fraction of sp³-hybridized carbons (Fsp3) is 0.500. The number of benzene rings is 1. The maximum absolute atomic E-state index is 11.4. The second kappa shape index (κ2) is 5.82. The Balaban J connectivity index is 3.01. The molecular formula is C14H21NO2. The highest BCUT2D eigenvalue weighted by atomic mass is 16.4. The van der Waals surface area contributed by atoms with E-state index in [-0.39, 0.29) is 0 Å². The highest BCUT2D eigenvalue weighted by Crippen LogP contribution is 2.22. The van der Waals surface area contributed by atoms with Crippen molar-refractivity contribution >= 4 is 5.97 Å². The fourth-order valence-electron chi connectivity index (χ4n) is 1.95. The molecule has 0 saturated heterocycles. The summed E-state index contributed by atoms with van der Waals surface area (Å²) in [7, 11) is 0. The van der Waals surface area contributed by atoms with E-state index in [2.05, 4.69) is 19.2 Å². The average Bonchev–Trinajstić information content (AvgIpc) is 2.21. The molecule has 0 amide bonds. The molecule has 3 heteroatoms. The first kappa shape index (κ1) is 13.7. The van der Waals surface area contributed by atoms with E-state index in [0.29, 0.717) is 12.5 Å². The fourth-order valence-corrected chi connectivity index (χ4v) is 1.95. The number of hydrogen-bond donors (Lipinski definition) is 2. The van der Waals surface area contributed by atoms with E-state index < -0.39 is 12.0 Å². The molecule has 1 atom stereocenters. The Morgan fingerprint density at radius 2 is 1.82 bits per heavy atom. The van der Waals surface area contributed by atoms with Gasteiger partial charge in [0.2, 0.25) is 0 Å². The van der Waals surface area contributed by atoms with Gasteiger partial charge in [0.15, 0.2) is 0 Å². The molecule has 0 fully saturated rings. The van der Waals surface area contributed by atoms with Crippen molar-refractivity contribution in [2.45, 2.75) is 33.7 Å². The van der Waals surface area contributed by atoms with Crippen LogP contribution in [-0.2, 0) is 4.79 Å². The molecule has 94 valence electrons. The van der Waals surface area contributed by atoms with E-state index in [0.717, 1.165) is 16.7 Å². The van der Waals surface area contributed by atoms with Crippen LogP contribution in [0.5, 0.6) is 0 Å². The lowest BCUT2D eigenvalue weighted by Crippen LogP contribution is -2.32. The first-order valence-electron chi connectivity index (χ1n) is 5.95. The van der Waals surface area contributed by atoms with E-state index in [1.54, 1.807) is 0 Å². The number of rotatable bonds is 5. The first-order valence-corrected chi connectivity index (χ1v) is 5.95. The summed E-state index contributed by atoms with van der Waals surface area (Å²) in [5.74, 6) is -0.385. The Morgan fingerprint density at radius 1 is 1.29 bits per heavy atom. The average molecular weight is 235 g/mol. The molecule has 0 aliphatic rings. The Morgan fingerprint density at radius 3 is 2.24 bits per heavy atom. The minimum Gasteiger partial charge on any atom is -0.480 e. The summed E-state index contributed by atoms with van der Waals surface area (Å²) in [4.78, 5) is 11.4. The minimum atomic E-state index is -0.817. The van der Waals surface area contributed by atoms with Crippen molar-refractivity contribution in [3.05, 3.63) is 34.9 Å². The monoisotopic (exact) mass is 235 g/mol. The first-order chi connectivity index (χ1) is 7.93. The van der Waals surface area contributed by atoms with Gasteiger partial charge in [-0.3, -0.25) is 4.79 Å². The van der Waals surface area contributed by atoms with Gasteiger partial charge in [-0.25, -0.2) is 0 Å².